The molecule has 0 spiro atoms. The van der Waals surface area contributed by atoms with Gasteiger partial charge in [0.1, 0.15) is 0 Å². The molecule has 4 unspecified atom stereocenters. The van der Waals surface area contributed by atoms with Crippen LogP contribution in [0.25, 0.3) is 0 Å². The van der Waals surface area contributed by atoms with Gasteiger partial charge in [0.2, 0.25) is 0 Å². The molecular formula is C36H70. The van der Waals surface area contributed by atoms with Gasteiger partial charge in [0.25, 0.3) is 0 Å². The zero-order valence-corrected chi connectivity index (χ0v) is 25.8. The molecule has 1 rings (SSSR count). The molecule has 4 atom stereocenters. The molecule has 214 valence electrons. The van der Waals surface area contributed by atoms with Crippen LogP contribution in [0.3, 0.4) is 0 Å². The molecule has 36 heavy (non-hydrogen) atoms. The second-order valence-electron chi connectivity index (χ2n) is 12.6. The summed E-state index contributed by atoms with van der Waals surface area (Å²) in [6.07, 6.45) is 43.3. The fraction of sp³-hybridized carbons (Fsp3) is 0.944. The molecule has 0 bridgehead atoms. The third-order valence-electron chi connectivity index (χ3n) is 9.32. The fourth-order valence-corrected chi connectivity index (χ4v) is 6.97. The highest BCUT2D eigenvalue weighted by Gasteiger charge is 2.34. The van der Waals surface area contributed by atoms with Gasteiger partial charge in [0, 0.05) is 0 Å². The van der Waals surface area contributed by atoms with E-state index in [0.29, 0.717) is 0 Å². The summed E-state index contributed by atoms with van der Waals surface area (Å²) < 4.78 is 0. The Hall–Kier alpha value is -0.260. The van der Waals surface area contributed by atoms with Crippen molar-refractivity contribution < 1.29 is 0 Å². The highest BCUT2D eigenvalue weighted by Crippen LogP contribution is 2.44. The van der Waals surface area contributed by atoms with E-state index in [2.05, 4.69) is 39.8 Å². The van der Waals surface area contributed by atoms with Crippen LogP contribution in [0.15, 0.2) is 12.2 Å². The van der Waals surface area contributed by atoms with Gasteiger partial charge in [-0.15, -0.1) is 0 Å². The third kappa shape index (κ3) is 16.6. The van der Waals surface area contributed by atoms with E-state index in [0.717, 1.165) is 23.7 Å². The maximum absolute atomic E-state index is 2.75. The normalized spacial score (nSPS) is 21.9. The van der Waals surface area contributed by atoms with Gasteiger partial charge >= 0.3 is 0 Å². The molecule has 0 heterocycles. The lowest BCUT2D eigenvalue weighted by molar-refractivity contribution is 0.145. The zero-order valence-electron chi connectivity index (χ0n) is 25.8. The first-order valence-corrected chi connectivity index (χ1v) is 17.5. The van der Waals surface area contributed by atoms with E-state index in [1.165, 1.54) is 167 Å². The van der Waals surface area contributed by atoms with E-state index in [-0.39, 0.29) is 0 Å². The van der Waals surface area contributed by atoms with Crippen molar-refractivity contribution in [1.82, 2.24) is 0 Å². The van der Waals surface area contributed by atoms with Crippen molar-refractivity contribution in [2.75, 3.05) is 0 Å². The first kappa shape index (κ1) is 33.8. The van der Waals surface area contributed by atoms with Crippen LogP contribution < -0.4 is 0 Å². The molecule has 0 amide bonds. The van der Waals surface area contributed by atoms with Crippen LogP contribution in [0.1, 0.15) is 195 Å². The summed E-state index contributed by atoms with van der Waals surface area (Å²) in [6.45, 7) is 9.37. The van der Waals surface area contributed by atoms with Crippen LogP contribution in [0, 0.1) is 23.7 Å². The Balaban J connectivity index is 2.75. The molecule has 0 N–H and O–H groups in total. The standard InChI is InChI=1S/C36H70/c1-5-9-13-17-20-24-28-34-32-31-33(27-23-16-12-8-4)35(29-25-21-18-14-10-6-2)36(34)30-26-22-19-15-11-7-3/h31-36H,5-30H2,1-4H3. The lowest BCUT2D eigenvalue weighted by atomic mass is 9.64. The number of unbranched alkanes of at least 4 members (excludes halogenated alkanes) is 18. The summed E-state index contributed by atoms with van der Waals surface area (Å²) >= 11 is 0. The van der Waals surface area contributed by atoms with Crippen molar-refractivity contribution in [2.45, 2.75) is 195 Å². The van der Waals surface area contributed by atoms with Gasteiger partial charge in [-0.3, -0.25) is 0 Å². The van der Waals surface area contributed by atoms with Crippen LogP contribution in [0.2, 0.25) is 0 Å². The molecule has 0 saturated heterocycles. The van der Waals surface area contributed by atoms with Gasteiger partial charge in [-0.25, -0.2) is 0 Å². The molecule has 0 aromatic heterocycles. The third-order valence-corrected chi connectivity index (χ3v) is 9.32. The zero-order chi connectivity index (χ0) is 26.1. The Morgan fingerprint density at radius 1 is 0.306 bits per heavy atom. The largest absolute Gasteiger partial charge is 0.0848 e. The van der Waals surface area contributed by atoms with E-state index >= 15 is 0 Å². The summed E-state index contributed by atoms with van der Waals surface area (Å²) in [4.78, 5) is 0. The fourth-order valence-electron chi connectivity index (χ4n) is 6.97. The predicted molar refractivity (Wildman–Crippen MR) is 166 cm³/mol. The van der Waals surface area contributed by atoms with Crippen molar-refractivity contribution in [3.63, 3.8) is 0 Å². The highest BCUT2D eigenvalue weighted by molar-refractivity contribution is 5.05. The van der Waals surface area contributed by atoms with Crippen LogP contribution in [-0.2, 0) is 0 Å². The second-order valence-corrected chi connectivity index (χ2v) is 12.6. The quantitative estimate of drug-likeness (QED) is 0.0814. The number of hydrogen-bond acceptors (Lipinski definition) is 0. The molecule has 0 fully saturated rings. The van der Waals surface area contributed by atoms with Crippen LogP contribution in [0.4, 0.5) is 0 Å². The Kier molecular flexibility index (Phi) is 23.5. The lowest BCUT2D eigenvalue weighted by Gasteiger charge is -2.41. The first-order chi connectivity index (χ1) is 17.8. The maximum atomic E-state index is 2.75. The maximum Gasteiger partial charge on any atom is -0.0202 e. The Bertz CT molecular complexity index is 463. The number of hydrogen-bond donors (Lipinski definition) is 0. The smallest absolute Gasteiger partial charge is 0.0202 e. The van der Waals surface area contributed by atoms with Crippen LogP contribution in [0.5, 0.6) is 0 Å². The van der Waals surface area contributed by atoms with E-state index in [9.17, 15) is 0 Å². The molecule has 0 heteroatoms. The topological polar surface area (TPSA) is 0 Å². The van der Waals surface area contributed by atoms with Crippen LogP contribution >= 0.6 is 0 Å². The van der Waals surface area contributed by atoms with Gasteiger partial charge in [0.15, 0.2) is 0 Å². The van der Waals surface area contributed by atoms with E-state index < -0.39 is 0 Å². The van der Waals surface area contributed by atoms with Gasteiger partial charge in [-0.1, -0.05) is 181 Å². The summed E-state index contributed by atoms with van der Waals surface area (Å²) in [5.74, 6) is 3.71. The molecule has 1 aliphatic rings. The molecule has 0 radical (unpaired) electrons. The van der Waals surface area contributed by atoms with Crippen LogP contribution in [-0.4, -0.2) is 0 Å². The number of allylic oxidation sites excluding steroid dienone is 2. The van der Waals surface area contributed by atoms with Gasteiger partial charge in [-0.2, -0.15) is 0 Å². The predicted octanol–water partition coefficient (Wildman–Crippen LogP) is 13.2. The van der Waals surface area contributed by atoms with Crippen molar-refractivity contribution in [1.29, 1.82) is 0 Å². The summed E-state index contributed by atoms with van der Waals surface area (Å²) in [6, 6.07) is 0. The summed E-state index contributed by atoms with van der Waals surface area (Å²) in [7, 11) is 0. The second kappa shape index (κ2) is 25.0. The minimum atomic E-state index is 0.878. The van der Waals surface area contributed by atoms with Crippen molar-refractivity contribution >= 4 is 0 Å². The van der Waals surface area contributed by atoms with E-state index in [4.69, 9.17) is 0 Å². The minimum Gasteiger partial charge on any atom is -0.0848 e. The highest BCUT2D eigenvalue weighted by atomic mass is 14.4. The van der Waals surface area contributed by atoms with E-state index in [1.54, 1.807) is 0 Å². The molecule has 0 saturated carbocycles. The number of rotatable bonds is 26. The lowest BCUT2D eigenvalue weighted by Crippen LogP contribution is -2.32. The molecule has 0 aromatic rings. The molecule has 0 nitrogen and oxygen atoms in total. The summed E-state index contributed by atoms with van der Waals surface area (Å²) in [5.41, 5.74) is 0. The van der Waals surface area contributed by atoms with Gasteiger partial charge < -0.3 is 0 Å². The Morgan fingerprint density at radius 3 is 0.889 bits per heavy atom. The average molecular weight is 503 g/mol. The monoisotopic (exact) mass is 503 g/mol. The molecule has 0 aromatic carbocycles. The minimum absolute atomic E-state index is 0.878. The Morgan fingerprint density at radius 2 is 0.556 bits per heavy atom. The van der Waals surface area contributed by atoms with Gasteiger partial charge in [0.05, 0.1) is 0 Å². The van der Waals surface area contributed by atoms with Crippen molar-refractivity contribution in [3.8, 4) is 0 Å². The van der Waals surface area contributed by atoms with Gasteiger partial charge in [-0.05, 0) is 49.4 Å². The summed E-state index contributed by atoms with van der Waals surface area (Å²) in [5, 5.41) is 0. The van der Waals surface area contributed by atoms with Crippen molar-refractivity contribution in [2.24, 2.45) is 23.7 Å². The molecule has 0 aliphatic heterocycles. The van der Waals surface area contributed by atoms with Crippen molar-refractivity contribution in [3.05, 3.63) is 12.2 Å². The first-order valence-electron chi connectivity index (χ1n) is 17.5. The molecular weight excluding hydrogens is 432 g/mol. The Labute approximate surface area is 230 Å². The van der Waals surface area contributed by atoms with E-state index in [1.807, 2.05) is 0 Å². The average Bonchev–Trinajstić information content (AvgIpc) is 2.89. The molecule has 1 aliphatic carbocycles. The SMILES string of the molecule is CCCCCCCCC1C=CC(CCCCCC)C(CCCCCCCC)C1CCCCCCCC.